The van der Waals surface area contributed by atoms with Crippen molar-refractivity contribution in [3.63, 3.8) is 0 Å². The minimum absolute atomic E-state index is 0.222. The molecular weight excluding hydrogens is 215 g/mol. The van der Waals surface area contributed by atoms with Crippen molar-refractivity contribution in [2.75, 3.05) is 0 Å². The Kier molecular flexibility index (Phi) is 3.65. The lowest BCUT2D eigenvalue weighted by Gasteiger charge is -2.08. The molecule has 1 aromatic rings. The normalized spacial score (nSPS) is 11.4. The largest absolute Gasteiger partial charge is 0.573 e. The third kappa shape index (κ3) is 3.89. The Balaban J connectivity index is 2.64. The second kappa shape index (κ2) is 4.56. The number of hydrogen-bond acceptors (Lipinski definition) is 3. The van der Waals surface area contributed by atoms with E-state index in [-0.39, 0.29) is 5.75 Å². The summed E-state index contributed by atoms with van der Waals surface area (Å²) >= 11 is 3.77. The Hall–Kier alpha value is -0.880. The van der Waals surface area contributed by atoms with Gasteiger partial charge in [-0.15, -0.1) is 13.2 Å². The van der Waals surface area contributed by atoms with E-state index in [1.807, 2.05) is 0 Å². The molecule has 0 unspecified atom stereocenters. The summed E-state index contributed by atoms with van der Waals surface area (Å²) in [6.45, 7) is 0.482. The first-order chi connectivity index (χ1) is 6.51. The van der Waals surface area contributed by atoms with Gasteiger partial charge in [0.25, 0.3) is 0 Å². The van der Waals surface area contributed by atoms with Crippen LogP contribution < -0.4 is 9.46 Å². The highest BCUT2D eigenvalue weighted by Crippen LogP contribution is 2.22. The number of nitrogens with one attached hydrogen (secondary N) is 1. The van der Waals surface area contributed by atoms with Gasteiger partial charge in [0, 0.05) is 6.54 Å². The molecule has 1 rings (SSSR count). The number of alkyl halides is 3. The van der Waals surface area contributed by atoms with Gasteiger partial charge in [-0.1, -0.05) is 24.9 Å². The Labute approximate surface area is 84.6 Å². The van der Waals surface area contributed by atoms with E-state index in [2.05, 4.69) is 22.3 Å². The fourth-order valence-corrected chi connectivity index (χ4v) is 1.08. The van der Waals surface area contributed by atoms with Crippen LogP contribution in [0.25, 0.3) is 0 Å². The minimum Gasteiger partial charge on any atom is -0.406 e. The average molecular weight is 223 g/mol. The molecule has 0 atom stereocenters. The fraction of sp³-hybridized carbons (Fsp3) is 0.250. The number of ether oxygens (including phenoxy) is 1. The van der Waals surface area contributed by atoms with E-state index < -0.39 is 6.36 Å². The van der Waals surface area contributed by atoms with Gasteiger partial charge in [0.2, 0.25) is 0 Å². The van der Waals surface area contributed by atoms with Crippen molar-refractivity contribution in [3.05, 3.63) is 29.8 Å². The first-order valence-electron chi connectivity index (χ1n) is 3.73. The molecule has 78 valence electrons. The smallest absolute Gasteiger partial charge is 0.406 e. The fourth-order valence-electron chi connectivity index (χ4n) is 0.900. The van der Waals surface area contributed by atoms with Crippen molar-refractivity contribution in [2.24, 2.45) is 0 Å². The molecule has 0 aromatic heterocycles. The summed E-state index contributed by atoms with van der Waals surface area (Å²) in [4.78, 5) is 0. The summed E-state index contributed by atoms with van der Waals surface area (Å²) in [5.41, 5.74) is 0.828. The summed E-state index contributed by atoms with van der Waals surface area (Å²) in [7, 11) is 0. The van der Waals surface area contributed by atoms with Gasteiger partial charge in [-0.2, -0.15) is 0 Å². The Morgan fingerprint density at radius 1 is 1.21 bits per heavy atom. The summed E-state index contributed by atoms with van der Waals surface area (Å²) in [6.07, 6.45) is -4.64. The monoisotopic (exact) mass is 223 g/mol. The van der Waals surface area contributed by atoms with Crippen molar-refractivity contribution in [3.8, 4) is 5.75 Å². The highest BCUT2D eigenvalue weighted by atomic mass is 32.1. The van der Waals surface area contributed by atoms with Crippen molar-refractivity contribution in [1.82, 2.24) is 4.72 Å². The molecule has 6 heteroatoms. The topological polar surface area (TPSA) is 21.3 Å². The lowest BCUT2D eigenvalue weighted by Crippen LogP contribution is -2.17. The molecular formula is C8H8F3NOS. The van der Waals surface area contributed by atoms with Crippen LogP contribution in [-0.4, -0.2) is 6.36 Å². The Morgan fingerprint density at radius 2 is 1.79 bits per heavy atom. The molecule has 1 N–H and O–H groups in total. The molecule has 0 aliphatic rings. The van der Waals surface area contributed by atoms with Gasteiger partial charge in [-0.25, -0.2) is 0 Å². The predicted octanol–water partition coefficient (Wildman–Crippen LogP) is 2.52. The molecule has 0 heterocycles. The highest BCUT2D eigenvalue weighted by Gasteiger charge is 2.30. The van der Waals surface area contributed by atoms with Crippen LogP contribution in [0.3, 0.4) is 0 Å². The van der Waals surface area contributed by atoms with Crippen LogP contribution in [-0.2, 0) is 6.54 Å². The van der Waals surface area contributed by atoms with Gasteiger partial charge in [0.05, 0.1) is 0 Å². The van der Waals surface area contributed by atoms with Crippen molar-refractivity contribution in [2.45, 2.75) is 12.9 Å². The van der Waals surface area contributed by atoms with Crippen LogP contribution >= 0.6 is 12.8 Å². The minimum atomic E-state index is -4.64. The molecule has 0 aliphatic carbocycles. The standard InChI is InChI=1S/C8H8F3NOS/c9-8(10,11)13-7-3-1-6(2-4-7)5-12-14/h1-4,12,14H,5H2. The Bertz CT molecular complexity index is 286. The number of thiol groups is 1. The summed E-state index contributed by atoms with van der Waals surface area (Å²) in [6, 6.07) is 5.58. The van der Waals surface area contributed by atoms with Gasteiger partial charge in [0.1, 0.15) is 5.75 Å². The number of rotatable bonds is 3. The van der Waals surface area contributed by atoms with Crippen LogP contribution in [0.4, 0.5) is 13.2 Å². The number of hydrogen-bond donors (Lipinski definition) is 2. The van der Waals surface area contributed by atoms with Crippen LogP contribution in [0.15, 0.2) is 24.3 Å². The molecule has 1 aromatic carbocycles. The molecule has 0 saturated carbocycles. The SMILES string of the molecule is FC(F)(F)Oc1ccc(CNS)cc1. The maximum atomic E-state index is 11.7. The van der Waals surface area contributed by atoms with Crippen molar-refractivity contribution >= 4 is 12.8 Å². The van der Waals surface area contributed by atoms with Crippen LogP contribution in [0, 0.1) is 0 Å². The maximum Gasteiger partial charge on any atom is 0.573 e. The van der Waals surface area contributed by atoms with E-state index >= 15 is 0 Å². The van der Waals surface area contributed by atoms with Crippen LogP contribution in [0.5, 0.6) is 5.75 Å². The van der Waals surface area contributed by atoms with Crippen molar-refractivity contribution in [1.29, 1.82) is 0 Å². The van der Waals surface area contributed by atoms with E-state index in [1.54, 1.807) is 0 Å². The quantitative estimate of drug-likeness (QED) is 0.768. The molecule has 0 spiro atoms. The van der Waals surface area contributed by atoms with E-state index in [1.165, 1.54) is 24.3 Å². The van der Waals surface area contributed by atoms with Crippen molar-refractivity contribution < 1.29 is 17.9 Å². The lowest BCUT2D eigenvalue weighted by molar-refractivity contribution is -0.274. The zero-order valence-electron chi connectivity index (χ0n) is 7.01. The maximum absolute atomic E-state index is 11.7. The second-order valence-electron chi connectivity index (χ2n) is 2.53. The van der Waals surface area contributed by atoms with E-state index in [9.17, 15) is 13.2 Å². The summed E-state index contributed by atoms with van der Waals surface area (Å²) in [5.74, 6) is -0.222. The van der Waals surface area contributed by atoms with Gasteiger partial charge in [0.15, 0.2) is 0 Å². The third-order valence-corrected chi connectivity index (χ3v) is 1.60. The van der Waals surface area contributed by atoms with Crippen LogP contribution in [0.2, 0.25) is 0 Å². The van der Waals surface area contributed by atoms with Gasteiger partial charge >= 0.3 is 6.36 Å². The molecule has 0 amide bonds. The molecule has 2 nitrogen and oxygen atoms in total. The molecule has 0 bridgehead atoms. The summed E-state index contributed by atoms with van der Waals surface area (Å²) in [5, 5.41) is 0. The zero-order chi connectivity index (χ0) is 10.6. The van der Waals surface area contributed by atoms with E-state index in [4.69, 9.17) is 0 Å². The number of benzene rings is 1. The van der Waals surface area contributed by atoms with Crippen LogP contribution in [0.1, 0.15) is 5.56 Å². The first kappa shape index (κ1) is 11.2. The van der Waals surface area contributed by atoms with Gasteiger partial charge < -0.3 is 4.74 Å². The summed E-state index contributed by atoms with van der Waals surface area (Å²) < 4.78 is 41.5. The average Bonchev–Trinajstić information content (AvgIpc) is 2.06. The lowest BCUT2D eigenvalue weighted by atomic mass is 10.2. The second-order valence-corrected chi connectivity index (χ2v) is 2.84. The molecule has 14 heavy (non-hydrogen) atoms. The van der Waals surface area contributed by atoms with E-state index in [0.717, 1.165) is 5.56 Å². The molecule has 0 aliphatic heterocycles. The Morgan fingerprint density at radius 3 is 2.21 bits per heavy atom. The first-order valence-corrected chi connectivity index (χ1v) is 4.17. The highest BCUT2D eigenvalue weighted by molar-refractivity contribution is 7.78. The number of halogens is 3. The molecule has 0 saturated heterocycles. The van der Waals surface area contributed by atoms with E-state index in [0.29, 0.717) is 6.54 Å². The molecule has 0 radical (unpaired) electrons. The van der Waals surface area contributed by atoms with Gasteiger partial charge in [-0.05, 0) is 17.7 Å². The zero-order valence-corrected chi connectivity index (χ0v) is 7.90. The third-order valence-electron chi connectivity index (χ3n) is 1.44. The predicted molar refractivity (Wildman–Crippen MR) is 49.0 cm³/mol. The molecule has 0 fully saturated rings. The van der Waals surface area contributed by atoms with Gasteiger partial charge in [-0.3, -0.25) is 4.72 Å².